The molecule has 1 amide bonds. The van der Waals surface area contributed by atoms with Gasteiger partial charge in [-0.1, -0.05) is 6.42 Å². The van der Waals surface area contributed by atoms with E-state index in [-0.39, 0.29) is 11.4 Å². The Balaban J connectivity index is 2.08. The lowest BCUT2D eigenvalue weighted by Crippen LogP contribution is -2.40. The van der Waals surface area contributed by atoms with Crippen LogP contribution >= 0.6 is 0 Å². The molecule has 8 nitrogen and oxygen atoms in total. The summed E-state index contributed by atoms with van der Waals surface area (Å²) in [6.45, 7) is 1.69. The number of piperidine rings is 1. The van der Waals surface area contributed by atoms with Gasteiger partial charge in [0, 0.05) is 19.6 Å². The highest BCUT2D eigenvalue weighted by molar-refractivity contribution is 5.72. The molecule has 1 unspecified atom stereocenters. The molecule has 0 aliphatic carbocycles. The van der Waals surface area contributed by atoms with E-state index in [0.29, 0.717) is 18.3 Å². The first-order valence-electron chi connectivity index (χ1n) is 7.63. The number of ether oxygens (including phenoxy) is 1. The van der Waals surface area contributed by atoms with Gasteiger partial charge >= 0.3 is 6.09 Å². The quantitative estimate of drug-likeness (QED) is 0.637. The van der Waals surface area contributed by atoms with Crippen molar-refractivity contribution >= 4 is 17.5 Å². The van der Waals surface area contributed by atoms with Gasteiger partial charge in [0.05, 0.1) is 11.0 Å². The van der Waals surface area contributed by atoms with Crippen LogP contribution in [-0.4, -0.2) is 49.1 Å². The van der Waals surface area contributed by atoms with Crippen molar-refractivity contribution in [2.24, 2.45) is 0 Å². The summed E-state index contributed by atoms with van der Waals surface area (Å²) in [7, 11) is 3.49. The average Bonchev–Trinajstić information content (AvgIpc) is 2.54. The molecule has 0 bridgehead atoms. The van der Waals surface area contributed by atoms with Crippen molar-refractivity contribution in [2.45, 2.75) is 25.3 Å². The van der Waals surface area contributed by atoms with E-state index in [1.54, 1.807) is 6.07 Å². The van der Waals surface area contributed by atoms with Crippen LogP contribution in [0.4, 0.5) is 16.2 Å². The zero-order valence-electron chi connectivity index (χ0n) is 13.4. The summed E-state index contributed by atoms with van der Waals surface area (Å²) >= 11 is 0. The minimum absolute atomic E-state index is 0.107. The van der Waals surface area contributed by atoms with E-state index in [9.17, 15) is 14.9 Å². The molecule has 23 heavy (non-hydrogen) atoms. The van der Waals surface area contributed by atoms with E-state index in [0.717, 1.165) is 13.0 Å². The number of likely N-dealkylation sites (N-methyl/N-ethyl adjacent to an activating group) is 1. The van der Waals surface area contributed by atoms with Crippen molar-refractivity contribution in [1.82, 2.24) is 10.2 Å². The summed E-state index contributed by atoms with van der Waals surface area (Å²) in [4.78, 5) is 24.2. The Morgan fingerprint density at radius 3 is 2.91 bits per heavy atom. The fraction of sp³-hybridized carbons (Fsp3) is 0.533. The van der Waals surface area contributed by atoms with Crippen LogP contribution in [-0.2, 0) is 0 Å². The SMILES string of the molecule is CNC(=O)Oc1ccc(NCC2CCCCN2C)c([N+](=O)[O-])c1. The van der Waals surface area contributed by atoms with E-state index in [4.69, 9.17) is 4.74 Å². The molecule has 8 heteroatoms. The van der Waals surface area contributed by atoms with Crippen molar-refractivity contribution in [3.63, 3.8) is 0 Å². The van der Waals surface area contributed by atoms with E-state index in [2.05, 4.69) is 22.6 Å². The molecule has 1 aliphatic rings. The highest BCUT2D eigenvalue weighted by atomic mass is 16.6. The maximum Gasteiger partial charge on any atom is 0.412 e. The van der Waals surface area contributed by atoms with Gasteiger partial charge in [0.1, 0.15) is 11.4 Å². The van der Waals surface area contributed by atoms with Crippen molar-refractivity contribution in [2.75, 3.05) is 32.5 Å². The first-order chi connectivity index (χ1) is 11.0. The largest absolute Gasteiger partial charge is 0.412 e. The number of likely N-dealkylation sites (tertiary alicyclic amines) is 1. The van der Waals surface area contributed by atoms with Crippen LogP contribution in [0, 0.1) is 10.1 Å². The Bertz CT molecular complexity index is 579. The lowest BCUT2D eigenvalue weighted by Gasteiger charge is -2.32. The second-order valence-electron chi connectivity index (χ2n) is 5.59. The third-order valence-electron chi connectivity index (χ3n) is 4.03. The van der Waals surface area contributed by atoms with E-state index in [1.807, 2.05) is 0 Å². The standard InChI is InChI=1S/C15H22N4O4/c1-16-15(20)23-12-6-7-13(14(9-12)19(21)22)17-10-11-5-3-4-8-18(11)2/h6-7,9,11,17H,3-5,8,10H2,1-2H3,(H,16,20). The summed E-state index contributed by atoms with van der Waals surface area (Å²) in [5.41, 5.74) is 0.322. The van der Waals surface area contributed by atoms with E-state index in [1.165, 1.54) is 32.0 Å². The van der Waals surface area contributed by atoms with Crippen LogP contribution in [0.5, 0.6) is 5.75 Å². The maximum absolute atomic E-state index is 11.2. The van der Waals surface area contributed by atoms with Crippen LogP contribution in [0.3, 0.4) is 0 Å². The number of nitro groups is 1. The predicted molar refractivity (Wildman–Crippen MR) is 86.9 cm³/mol. The third-order valence-corrected chi connectivity index (χ3v) is 4.03. The molecule has 2 N–H and O–H groups in total. The maximum atomic E-state index is 11.2. The third kappa shape index (κ3) is 4.56. The lowest BCUT2D eigenvalue weighted by atomic mass is 10.0. The number of nitrogens with zero attached hydrogens (tertiary/aromatic N) is 2. The zero-order chi connectivity index (χ0) is 16.8. The van der Waals surface area contributed by atoms with Gasteiger partial charge in [0.25, 0.3) is 5.69 Å². The molecular formula is C15H22N4O4. The predicted octanol–water partition coefficient (Wildman–Crippen LogP) is 2.21. The second-order valence-corrected chi connectivity index (χ2v) is 5.59. The molecule has 0 saturated carbocycles. The van der Waals surface area contributed by atoms with Crippen LogP contribution in [0.25, 0.3) is 0 Å². The topological polar surface area (TPSA) is 96.7 Å². The number of anilines is 1. The number of nitro benzene ring substituents is 1. The molecule has 1 fully saturated rings. The molecule has 1 aromatic carbocycles. The van der Waals surface area contributed by atoms with E-state index < -0.39 is 11.0 Å². The smallest absolute Gasteiger partial charge is 0.410 e. The van der Waals surface area contributed by atoms with Gasteiger partial charge in [-0.2, -0.15) is 0 Å². The van der Waals surface area contributed by atoms with Gasteiger partial charge in [-0.15, -0.1) is 0 Å². The molecule has 1 heterocycles. The van der Waals surface area contributed by atoms with Crippen LogP contribution in [0.15, 0.2) is 18.2 Å². The Kier molecular flexibility index (Phi) is 5.75. The van der Waals surface area contributed by atoms with Gasteiger partial charge in [0.15, 0.2) is 0 Å². The number of benzene rings is 1. The Hall–Kier alpha value is -2.35. The van der Waals surface area contributed by atoms with E-state index >= 15 is 0 Å². The molecule has 2 rings (SSSR count). The summed E-state index contributed by atoms with van der Waals surface area (Å²) in [5.74, 6) is 0.136. The summed E-state index contributed by atoms with van der Waals surface area (Å²) < 4.78 is 4.93. The minimum Gasteiger partial charge on any atom is -0.410 e. The van der Waals surface area contributed by atoms with Gasteiger partial charge in [-0.05, 0) is 38.6 Å². The highest BCUT2D eigenvalue weighted by Gasteiger charge is 2.21. The Labute approximate surface area is 134 Å². The van der Waals surface area contributed by atoms with Crippen molar-refractivity contribution in [1.29, 1.82) is 0 Å². The summed E-state index contributed by atoms with van der Waals surface area (Å²) in [6.07, 6.45) is 2.79. The highest BCUT2D eigenvalue weighted by Crippen LogP contribution is 2.29. The minimum atomic E-state index is -0.663. The molecule has 1 aromatic rings. The molecule has 0 spiro atoms. The average molecular weight is 322 g/mol. The van der Waals surface area contributed by atoms with Gasteiger partial charge in [-0.3, -0.25) is 10.1 Å². The first-order valence-corrected chi connectivity index (χ1v) is 7.63. The van der Waals surface area contributed by atoms with Crippen LogP contribution < -0.4 is 15.4 Å². The first kappa shape index (κ1) is 17.0. The number of rotatable bonds is 5. The fourth-order valence-corrected chi connectivity index (χ4v) is 2.66. The Morgan fingerprint density at radius 1 is 1.48 bits per heavy atom. The van der Waals surface area contributed by atoms with Gasteiger partial charge in [0.2, 0.25) is 0 Å². The molecule has 1 saturated heterocycles. The summed E-state index contributed by atoms with van der Waals surface area (Å²) in [6, 6.07) is 4.72. The lowest BCUT2D eigenvalue weighted by molar-refractivity contribution is -0.384. The summed E-state index contributed by atoms with van der Waals surface area (Å²) in [5, 5.41) is 16.7. The number of nitrogens with one attached hydrogen (secondary N) is 2. The number of hydrogen-bond donors (Lipinski definition) is 2. The van der Waals surface area contributed by atoms with Gasteiger partial charge < -0.3 is 20.3 Å². The van der Waals surface area contributed by atoms with Crippen molar-refractivity contribution < 1.29 is 14.5 Å². The monoisotopic (exact) mass is 322 g/mol. The molecule has 1 atom stereocenters. The van der Waals surface area contributed by atoms with Crippen LogP contribution in [0.2, 0.25) is 0 Å². The fourth-order valence-electron chi connectivity index (χ4n) is 2.66. The van der Waals surface area contributed by atoms with Crippen molar-refractivity contribution in [3.8, 4) is 5.75 Å². The molecule has 0 radical (unpaired) electrons. The number of amides is 1. The van der Waals surface area contributed by atoms with Gasteiger partial charge in [-0.25, -0.2) is 4.79 Å². The number of carbonyl (C=O) groups is 1. The molecule has 126 valence electrons. The van der Waals surface area contributed by atoms with Crippen LogP contribution in [0.1, 0.15) is 19.3 Å². The second kappa shape index (κ2) is 7.77. The molecule has 1 aliphatic heterocycles. The molecular weight excluding hydrogens is 300 g/mol. The normalized spacial score (nSPS) is 18.3. The zero-order valence-corrected chi connectivity index (χ0v) is 13.4. The Morgan fingerprint density at radius 2 is 2.26 bits per heavy atom. The van der Waals surface area contributed by atoms with Crippen molar-refractivity contribution in [3.05, 3.63) is 28.3 Å². The number of carbonyl (C=O) groups excluding carboxylic acids is 1. The number of hydrogen-bond acceptors (Lipinski definition) is 6. The molecule has 0 aromatic heterocycles.